The highest BCUT2D eigenvalue weighted by Crippen LogP contribution is 2.16. The number of benzene rings is 5. The topological polar surface area (TPSA) is 0 Å². The van der Waals surface area contributed by atoms with E-state index >= 15 is 0 Å². The Morgan fingerprint density at radius 2 is 1.13 bits per heavy atom. The molecule has 5 rings (SSSR count). The summed E-state index contributed by atoms with van der Waals surface area (Å²) in [6.45, 7) is 17.5. The summed E-state index contributed by atoms with van der Waals surface area (Å²) in [6, 6.07) is 41.8. The molecule has 0 aromatic heterocycles. The fraction of sp³-hybridized carbons (Fsp3) is 0.128. The van der Waals surface area contributed by atoms with Crippen molar-refractivity contribution in [2.75, 3.05) is 0 Å². The second-order valence-corrected chi connectivity index (χ2v) is 9.19. The fourth-order valence-corrected chi connectivity index (χ4v) is 3.85. The van der Waals surface area contributed by atoms with Crippen LogP contribution >= 0.6 is 0 Å². The quantitative estimate of drug-likeness (QED) is 0.212. The van der Waals surface area contributed by atoms with Crippen LogP contribution in [0.5, 0.6) is 0 Å². The van der Waals surface area contributed by atoms with E-state index in [-0.39, 0.29) is 0 Å². The summed E-state index contributed by atoms with van der Waals surface area (Å²) >= 11 is 0. The summed E-state index contributed by atoms with van der Waals surface area (Å²) in [5.41, 5.74) is 2.79. The summed E-state index contributed by atoms with van der Waals surface area (Å²) in [5.74, 6) is 0. The minimum atomic E-state index is 1.04. The second-order valence-electron chi connectivity index (χ2n) is 9.19. The van der Waals surface area contributed by atoms with Gasteiger partial charge < -0.3 is 0 Å². The first-order chi connectivity index (χ1) is 19.0. The van der Waals surface area contributed by atoms with Crippen LogP contribution in [0.3, 0.4) is 0 Å². The Morgan fingerprint density at radius 1 is 0.615 bits per heavy atom. The average Bonchev–Trinajstić information content (AvgIpc) is 2.97. The summed E-state index contributed by atoms with van der Waals surface area (Å²) < 4.78 is 0. The van der Waals surface area contributed by atoms with Gasteiger partial charge in [0.05, 0.1) is 0 Å². The molecule has 0 saturated heterocycles. The maximum absolute atomic E-state index is 3.86. The lowest BCUT2D eigenvalue weighted by molar-refractivity contribution is 0.922. The Morgan fingerprint density at radius 3 is 1.59 bits per heavy atom. The molecule has 0 heterocycles. The molecule has 0 spiro atoms. The number of hydrogen-bond donors (Lipinski definition) is 0. The number of hydrogen-bond acceptors (Lipinski definition) is 0. The zero-order chi connectivity index (χ0) is 28.3. The second kappa shape index (κ2) is 17.9. The van der Waals surface area contributed by atoms with Gasteiger partial charge in [-0.3, -0.25) is 0 Å². The van der Waals surface area contributed by atoms with Crippen molar-refractivity contribution in [1.82, 2.24) is 0 Å². The van der Waals surface area contributed by atoms with Crippen molar-refractivity contribution < 1.29 is 0 Å². The molecule has 198 valence electrons. The van der Waals surface area contributed by atoms with Gasteiger partial charge in [0.15, 0.2) is 0 Å². The van der Waals surface area contributed by atoms with Crippen LogP contribution in [-0.2, 0) is 6.42 Å². The van der Waals surface area contributed by atoms with Gasteiger partial charge in [-0.15, -0.1) is 0 Å². The largest absolute Gasteiger partial charge is 0.0991 e. The lowest BCUT2D eigenvalue weighted by Gasteiger charge is -1.98. The molecule has 0 amide bonds. The fourth-order valence-electron chi connectivity index (χ4n) is 3.85. The van der Waals surface area contributed by atoms with Crippen molar-refractivity contribution in [2.45, 2.75) is 33.6 Å². The van der Waals surface area contributed by atoms with Gasteiger partial charge in [-0.25, -0.2) is 0 Å². The minimum absolute atomic E-state index is 1.04. The third-order valence-electron chi connectivity index (χ3n) is 5.96. The molecule has 5 aromatic carbocycles. The first-order valence-corrected chi connectivity index (χ1v) is 13.5. The SMILES string of the molecule is C=C/C=C\C.C=c1ccc(=c2ccc(=C)cc2)cc1.CCCc1ccccc1.Cc1cccc2ccccc12. The molecule has 0 radical (unpaired) electrons. The van der Waals surface area contributed by atoms with Crippen LogP contribution in [0.2, 0.25) is 0 Å². The number of fused-ring (bicyclic) bond motifs is 1. The van der Waals surface area contributed by atoms with Crippen molar-refractivity contribution >= 4 is 23.9 Å². The Bertz CT molecular complexity index is 1520. The predicted molar refractivity (Wildman–Crippen MR) is 175 cm³/mol. The van der Waals surface area contributed by atoms with Crippen LogP contribution in [0, 0.1) is 17.4 Å². The van der Waals surface area contributed by atoms with Crippen LogP contribution in [-0.4, -0.2) is 0 Å². The van der Waals surface area contributed by atoms with Crippen molar-refractivity contribution in [3.05, 3.63) is 178 Å². The van der Waals surface area contributed by atoms with E-state index in [4.69, 9.17) is 0 Å². The van der Waals surface area contributed by atoms with E-state index in [0.29, 0.717) is 0 Å². The van der Waals surface area contributed by atoms with Gasteiger partial charge in [0, 0.05) is 0 Å². The van der Waals surface area contributed by atoms with E-state index in [2.05, 4.69) is 131 Å². The monoisotopic (exact) mass is 510 g/mol. The Hall–Kier alpha value is -4.42. The van der Waals surface area contributed by atoms with Crippen LogP contribution in [0.25, 0.3) is 23.9 Å². The third kappa shape index (κ3) is 11.7. The molecule has 0 aliphatic rings. The van der Waals surface area contributed by atoms with Gasteiger partial charge in [0.2, 0.25) is 0 Å². The van der Waals surface area contributed by atoms with Gasteiger partial charge in [-0.05, 0) is 63.0 Å². The zero-order valence-electron chi connectivity index (χ0n) is 23.8. The Balaban J connectivity index is 0.000000193. The van der Waals surface area contributed by atoms with E-state index in [9.17, 15) is 0 Å². The summed E-state index contributed by atoms with van der Waals surface area (Å²) in [5, 5.41) is 7.21. The van der Waals surface area contributed by atoms with Crippen LogP contribution in [0.15, 0.2) is 146 Å². The molecular weight excluding hydrogens is 468 g/mol. The molecule has 39 heavy (non-hydrogen) atoms. The average molecular weight is 511 g/mol. The van der Waals surface area contributed by atoms with Crippen molar-refractivity contribution in [3.63, 3.8) is 0 Å². The van der Waals surface area contributed by atoms with Crippen molar-refractivity contribution in [1.29, 1.82) is 0 Å². The van der Waals surface area contributed by atoms with Crippen LogP contribution in [0.4, 0.5) is 0 Å². The molecule has 0 bridgehead atoms. The molecular formula is C39H42. The zero-order valence-corrected chi connectivity index (χ0v) is 23.8. The lowest BCUT2D eigenvalue weighted by atomic mass is 10.1. The highest BCUT2D eigenvalue weighted by Gasteiger charge is 1.92. The first-order valence-electron chi connectivity index (χ1n) is 13.5. The van der Waals surface area contributed by atoms with E-state index in [0.717, 1.165) is 10.4 Å². The van der Waals surface area contributed by atoms with Gasteiger partial charge in [-0.2, -0.15) is 0 Å². The van der Waals surface area contributed by atoms with E-state index in [1.807, 2.05) is 43.3 Å². The number of rotatable bonds is 3. The minimum Gasteiger partial charge on any atom is -0.0991 e. The molecule has 0 fully saturated rings. The smallest absolute Gasteiger partial charge is 0.0155 e. The highest BCUT2D eigenvalue weighted by atomic mass is 14.0. The predicted octanol–water partition coefficient (Wildman–Crippen LogP) is 9.33. The molecule has 0 aliphatic heterocycles. The lowest BCUT2D eigenvalue weighted by Crippen LogP contribution is -1.94. The van der Waals surface area contributed by atoms with Gasteiger partial charge in [-0.1, -0.05) is 173 Å². The standard InChI is InChI=1S/C14H12.C11H10.C9H12.C5H8/c1-11-3-7-13(8-4-11)14-9-5-12(2)6-10-14;1-9-5-4-7-10-6-2-3-8-11(9)10;1-2-6-9-7-4-3-5-8-9;1-3-5-4-2/h3-10H,1-2H2;2-8H,1H3;3-5,7-8H,2,6H2,1H3;3-5H,1H2,2H3/b;;;5-4-. The van der Waals surface area contributed by atoms with Gasteiger partial charge in [0.25, 0.3) is 0 Å². The summed E-state index contributed by atoms with van der Waals surface area (Å²) in [7, 11) is 0. The highest BCUT2D eigenvalue weighted by molar-refractivity contribution is 5.85. The number of aryl methyl sites for hydroxylation is 2. The Kier molecular flexibility index (Phi) is 14.2. The Labute approximate surface area is 235 Å². The molecule has 0 saturated carbocycles. The van der Waals surface area contributed by atoms with Crippen LogP contribution < -0.4 is 10.4 Å². The molecule has 5 aromatic rings. The summed E-state index contributed by atoms with van der Waals surface area (Å²) in [6.07, 6.45) is 8.03. The van der Waals surface area contributed by atoms with E-state index in [1.54, 1.807) is 6.08 Å². The third-order valence-corrected chi connectivity index (χ3v) is 5.96. The van der Waals surface area contributed by atoms with E-state index in [1.165, 1.54) is 45.2 Å². The first kappa shape index (κ1) is 30.8. The summed E-state index contributed by atoms with van der Waals surface area (Å²) in [4.78, 5) is 0. The molecule has 0 heteroatoms. The van der Waals surface area contributed by atoms with Crippen molar-refractivity contribution in [3.8, 4) is 0 Å². The van der Waals surface area contributed by atoms with Gasteiger partial charge in [0.1, 0.15) is 0 Å². The van der Waals surface area contributed by atoms with E-state index < -0.39 is 0 Å². The maximum atomic E-state index is 3.86. The van der Waals surface area contributed by atoms with Gasteiger partial charge >= 0.3 is 0 Å². The van der Waals surface area contributed by atoms with Crippen molar-refractivity contribution in [2.24, 2.45) is 0 Å². The van der Waals surface area contributed by atoms with Crippen LogP contribution in [0.1, 0.15) is 31.4 Å². The molecule has 0 nitrogen and oxygen atoms in total. The normalized spacial score (nSPS) is 9.82. The number of allylic oxidation sites excluding steroid dienone is 3. The molecule has 0 N–H and O–H groups in total. The molecule has 0 atom stereocenters. The molecule has 0 aliphatic carbocycles. The molecule has 0 unspecified atom stereocenters. The maximum Gasteiger partial charge on any atom is -0.0155 e.